The molecule has 10 heteroatoms. The van der Waals surface area contributed by atoms with Crippen molar-refractivity contribution >= 4 is 28.2 Å². The summed E-state index contributed by atoms with van der Waals surface area (Å²) >= 11 is 1.34. The number of carbonyl (C=O) groups excluding carboxylic acids is 1. The molecule has 0 aliphatic heterocycles. The van der Waals surface area contributed by atoms with Gasteiger partial charge in [-0.25, -0.2) is 14.5 Å². The lowest BCUT2D eigenvalue weighted by atomic mass is 10.2. The average molecular weight is 354 g/mol. The van der Waals surface area contributed by atoms with Crippen LogP contribution in [-0.4, -0.2) is 40.3 Å². The van der Waals surface area contributed by atoms with Crippen molar-refractivity contribution in [3.63, 3.8) is 0 Å². The first-order valence-electron chi connectivity index (χ1n) is 7.62. The molecule has 126 valence electrons. The molecule has 1 N–H and O–H groups in total. The zero-order chi connectivity index (χ0) is 17.4. The van der Waals surface area contributed by atoms with Crippen molar-refractivity contribution in [2.75, 3.05) is 5.32 Å². The van der Waals surface area contributed by atoms with Crippen molar-refractivity contribution in [1.29, 1.82) is 0 Å². The summed E-state index contributed by atoms with van der Waals surface area (Å²) in [5.41, 5.74) is 2.63. The van der Waals surface area contributed by atoms with E-state index in [4.69, 9.17) is 0 Å². The van der Waals surface area contributed by atoms with E-state index in [1.165, 1.54) is 15.9 Å². The van der Waals surface area contributed by atoms with Crippen molar-refractivity contribution < 1.29 is 4.79 Å². The molecule has 4 aromatic rings. The van der Waals surface area contributed by atoms with Gasteiger partial charge in [0.15, 0.2) is 5.13 Å². The number of aryl methyl sites for hydroxylation is 2. The van der Waals surface area contributed by atoms with Gasteiger partial charge in [0.1, 0.15) is 0 Å². The van der Waals surface area contributed by atoms with Crippen molar-refractivity contribution in [2.45, 2.75) is 20.4 Å². The number of nitrogens with one attached hydrogen (secondary N) is 1. The van der Waals surface area contributed by atoms with Crippen LogP contribution in [0.4, 0.5) is 5.13 Å². The molecule has 0 radical (unpaired) electrons. The summed E-state index contributed by atoms with van der Waals surface area (Å²) in [5.74, 6) is -0.00658. The van der Waals surface area contributed by atoms with Crippen LogP contribution in [-0.2, 0) is 6.54 Å². The van der Waals surface area contributed by atoms with E-state index in [0.29, 0.717) is 10.9 Å². The lowest BCUT2D eigenvalue weighted by molar-refractivity contribution is 0.101. The standard InChI is InChI=1S/C15H14N8OS/c1-3-22-7-10(9(2)20-22)11-8-25-15(17-11)19-13(24)12-18-14-16-5-4-6-23(14)21-12/h4-8H,3H2,1-2H3,(H,17,19,24). The van der Waals surface area contributed by atoms with Crippen LogP contribution >= 0.6 is 11.3 Å². The summed E-state index contributed by atoms with van der Waals surface area (Å²) in [7, 11) is 0. The Labute approximate surface area is 146 Å². The molecule has 0 aliphatic rings. The predicted octanol–water partition coefficient (Wildman–Crippen LogP) is 2.02. The first-order valence-corrected chi connectivity index (χ1v) is 8.50. The quantitative estimate of drug-likeness (QED) is 0.601. The van der Waals surface area contributed by atoms with E-state index in [1.54, 1.807) is 18.5 Å². The molecule has 0 aliphatic carbocycles. The Hall–Kier alpha value is -3.14. The Bertz CT molecular complexity index is 1030. The van der Waals surface area contributed by atoms with E-state index in [0.717, 1.165) is 23.5 Å². The molecule has 0 aromatic carbocycles. The molecule has 0 spiro atoms. The van der Waals surface area contributed by atoms with Gasteiger partial charge in [-0.15, -0.1) is 16.4 Å². The lowest BCUT2D eigenvalue weighted by Crippen LogP contribution is -2.13. The van der Waals surface area contributed by atoms with Gasteiger partial charge < -0.3 is 0 Å². The summed E-state index contributed by atoms with van der Waals surface area (Å²) in [6.07, 6.45) is 5.23. The van der Waals surface area contributed by atoms with Crippen molar-refractivity contribution in [3.8, 4) is 11.3 Å². The zero-order valence-corrected chi connectivity index (χ0v) is 14.4. The van der Waals surface area contributed by atoms with Gasteiger partial charge in [0.05, 0.1) is 11.4 Å². The number of amides is 1. The topological polar surface area (TPSA) is 103 Å². The Morgan fingerprint density at radius 3 is 2.96 bits per heavy atom. The van der Waals surface area contributed by atoms with Crippen LogP contribution in [0, 0.1) is 6.92 Å². The molecule has 4 heterocycles. The van der Waals surface area contributed by atoms with Crippen LogP contribution < -0.4 is 5.32 Å². The van der Waals surface area contributed by atoms with Gasteiger partial charge in [0.2, 0.25) is 5.82 Å². The number of hydrogen-bond acceptors (Lipinski definition) is 7. The average Bonchev–Trinajstić information content (AvgIpc) is 3.32. The fraction of sp³-hybridized carbons (Fsp3) is 0.200. The van der Waals surface area contributed by atoms with Crippen molar-refractivity contribution in [3.05, 3.63) is 41.6 Å². The molecule has 0 unspecified atom stereocenters. The SMILES string of the molecule is CCn1cc(-c2csc(NC(=O)c3nc4ncccn4n3)n2)c(C)n1. The molecule has 25 heavy (non-hydrogen) atoms. The first kappa shape index (κ1) is 15.4. The highest BCUT2D eigenvalue weighted by molar-refractivity contribution is 7.14. The minimum atomic E-state index is -0.424. The largest absolute Gasteiger partial charge is 0.297 e. The predicted molar refractivity (Wildman–Crippen MR) is 92.5 cm³/mol. The number of carbonyl (C=O) groups is 1. The number of fused-ring (bicyclic) bond motifs is 1. The molecule has 0 saturated heterocycles. The third kappa shape index (κ3) is 2.87. The number of thiazole rings is 1. The van der Waals surface area contributed by atoms with Crippen LogP contribution in [0.15, 0.2) is 30.0 Å². The minimum Gasteiger partial charge on any atom is -0.295 e. The maximum Gasteiger partial charge on any atom is 0.297 e. The van der Waals surface area contributed by atoms with Gasteiger partial charge >= 0.3 is 0 Å². The highest BCUT2D eigenvalue weighted by Gasteiger charge is 2.16. The maximum absolute atomic E-state index is 12.3. The molecule has 0 atom stereocenters. The second kappa shape index (κ2) is 6.06. The van der Waals surface area contributed by atoms with Gasteiger partial charge in [0.25, 0.3) is 11.7 Å². The normalized spacial score (nSPS) is 11.1. The van der Waals surface area contributed by atoms with E-state index in [9.17, 15) is 4.79 Å². The zero-order valence-electron chi connectivity index (χ0n) is 13.5. The van der Waals surface area contributed by atoms with Crippen LogP contribution in [0.1, 0.15) is 23.2 Å². The molecule has 4 aromatic heterocycles. The number of hydrogen-bond donors (Lipinski definition) is 1. The summed E-state index contributed by atoms with van der Waals surface area (Å²) in [6.45, 7) is 4.76. The monoisotopic (exact) mass is 354 g/mol. The molecular formula is C15H14N8OS. The van der Waals surface area contributed by atoms with E-state index < -0.39 is 5.91 Å². The molecule has 0 bridgehead atoms. The Kier molecular flexibility index (Phi) is 3.73. The Morgan fingerprint density at radius 1 is 1.32 bits per heavy atom. The van der Waals surface area contributed by atoms with E-state index in [1.807, 2.05) is 30.1 Å². The second-order valence-electron chi connectivity index (χ2n) is 5.28. The van der Waals surface area contributed by atoms with Crippen LogP contribution in [0.25, 0.3) is 17.0 Å². The summed E-state index contributed by atoms with van der Waals surface area (Å²) in [5, 5.41) is 13.6. The minimum absolute atomic E-state index is 0.0467. The van der Waals surface area contributed by atoms with Gasteiger partial charge in [-0.3, -0.25) is 14.8 Å². The summed E-state index contributed by atoms with van der Waals surface area (Å²) < 4.78 is 3.31. The summed E-state index contributed by atoms with van der Waals surface area (Å²) in [6, 6.07) is 1.72. The lowest BCUT2D eigenvalue weighted by Gasteiger charge is -1.96. The van der Waals surface area contributed by atoms with E-state index in [2.05, 4.69) is 30.5 Å². The number of nitrogens with zero attached hydrogens (tertiary/aromatic N) is 7. The maximum atomic E-state index is 12.3. The third-order valence-corrected chi connectivity index (χ3v) is 4.35. The smallest absolute Gasteiger partial charge is 0.295 e. The number of aromatic nitrogens is 7. The Balaban J connectivity index is 1.56. The molecule has 1 amide bonds. The molecule has 9 nitrogen and oxygen atoms in total. The Morgan fingerprint density at radius 2 is 2.20 bits per heavy atom. The van der Waals surface area contributed by atoms with Gasteiger partial charge in [-0.05, 0) is 19.9 Å². The molecule has 4 rings (SSSR count). The van der Waals surface area contributed by atoms with Crippen LogP contribution in [0.2, 0.25) is 0 Å². The van der Waals surface area contributed by atoms with Gasteiger partial charge in [-0.2, -0.15) is 10.1 Å². The van der Waals surface area contributed by atoms with Crippen LogP contribution in [0.5, 0.6) is 0 Å². The molecular weight excluding hydrogens is 340 g/mol. The molecule has 0 saturated carbocycles. The summed E-state index contributed by atoms with van der Waals surface area (Å²) in [4.78, 5) is 24.9. The van der Waals surface area contributed by atoms with Crippen molar-refractivity contribution in [2.24, 2.45) is 0 Å². The molecule has 0 fully saturated rings. The fourth-order valence-corrected chi connectivity index (χ4v) is 3.07. The number of anilines is 1. The highest BCUT2D eigenvalue weighted by Crippen LogP contribution is 2.27. The fourth-order valence-electron chi connectivity index (χ4n) is 2.37. The van der Waals surface area contributed by atoms with Crippen LogP contribution in [0.3, 0.4) is 0 Å². The second-order valence-corrected chi connectivity index (χ2v) is 6.13. The van der Waals surface area contributed by atoms with Gasteiger partial charge in [0, 0.05) is 36.1 Å². The van der Waals surface area contributed by atoms with E-state index in [-0.39, 0.29) is 5.82 Å². The first-order chi connectivity index (χ1) is 12.1. The van der Waals surface area contributed by atoms with E-state index >= 15 is 0 Å². The number of rotatable bonds is 4. The highest BCUT2D eigenvalue weighted by atomic mass is 32.1. The van der Waals surface area contributed by atoms with Gasteiger partial charge in [-0.1, -0.05) is 0 Å². The van der Waals surface area contributed by atoms with Crippen molar-refractivity contribution in [1.82, 2.24) is 34.3 Å². The third-order valence-electron chi connectivity index (χ3n) is 3.59.